The van der Waals surface area contributed by atoms with E-state index in [-0.39, 0.29) is 10.9 Å². The van der Waals surface area contributed by atoms with Gasteiger partial charge in [-0.2, -0.15) is 5.26 Å². The Balaban J connectivity index is 2.04. The topological polar surface area (TPSA) is 60.7 Å². The van der Waals surface area contributed by atoms with Crippen LogP contribution in [0.3, 0.4) is 0 Å². The molecule has 2 aliphatic rings. The van der Waals surface area contributed by atoms with E-state index < -0.39 is 42.5 Å². The van der Waals surface area contributed by atoms with Crippen molar-refractivity contribution in [3.05, 3.63) is 23.5 Å². The number of hydrogen-bond acceptors (Lipinski definition) is 5. The van der Waals surface area contributed by atoms with E-state index in [9.17, 15) is 5.26 Å². The summed E-state index contributed by atoms with van der Waals surface area (Å²) in [6.07, 6.45) is 0. The Kier molecular flexibility index (Phi) is 4.56. The van der Waals surface area contributed by atoms with Crippen molar-refractivity contribution in [3.63, 3.8) is 0 Å². The summed E-state index contributed by atoms with van der Waals surface area (Å²) in [7, 11) is -1.83. The number of hydrogen-bond donors (Lipinski definition) is 0. The maximum absolute atomic E-state index is 15.5. The Morgan fingerprint density at radius 1 is 0.741 bits per heavy atom. The molecule has 1 aromatic carbocycles. The standard InChI is InChI=1S/C19H26B2FNO4/c1-16(2)17(3,4)25-20(24-16)13-9-12(11-23)10-14(15(13)22)21-26-18(5,6)19(7,8)27-21/h9-10H,1-8H3. The van der Waals surface area contributed by atoms with Crippen LogP contribution in [0.25, 0.3) is 0 Å². The predicted octanol–water partition coefficient (Wildman–Crippen LogP) is 2.30. The zero-order valence-electron chi connectivity index (χ0n) is 17.3. The van der Waals surface area contributed by atoms with Crippen molar-refractivity contribution in [3.8, 4) is 6.07 Å². The number of nitrogens with zero attached hydrogens (tertiary/aromatic N) is 1. The smallest absolute Gasteiger partial charge is 0.399 e. The zero-order chi connectivity index (χ0) is 20.4. The first-order valence-electron chi connectivity index (χ1n) is 9.15. The summed E-state index contributed by atoms with van der Waals surface area (Å²) in [4.78, 5) is 0. The SMILES string of the molecule is CC1(C)OB(c2cc(C#N)cc(B3OC(C)(C)C(C)(C)O3)c2F)OC1(C)C. The molecule has 0 bridgehead atoms. The lowest BCUT2D eigenvalue weighted by molar-refractivity contribution is 0.00578. The van der Waals surface area contributed by atoms with Crippen LogP contribution in [-0.2, 0) is 18.6 Å². The molecule has 0 spiro atoms. The van der Waals surface area contributed by atoms with Gasteiger partial charge in [0.05, 0.1) is 34.0 Å². The molecule has 8 heteroatoms. The summed E-state index contributed by atoms with van der Waals surface area (Å²) in [5.74, 6) is -0.536. The van der Waals surface area contributed by atoms with E-state index in [4.69, 9.17) is 18.6 Å². The third-order valence-corrected chi connectivity index (χ3v) is 6.27. The lowest BCUT2D eigenvalue weighted by Crippen LogP contribution is -2.45. The van der Waals surface area contributed by atoms with E-state index >= 15 is 4.39 Å². The second-order valence-corrected chi connectivity index (χ2v) is 9.26. The molecule has 2 aliphatic heterocycles. The fourth-order valence-corrected chi connectivity index (χ4v) is 3.02. The Morgan fingerprint density at radius 3 is 1.30 bits per heavy atom. The van der Waals surface area contributed by atoms with Gasteiger partial charge < -0.3 is 18.6 Å². The van der Waals surface area contributed by atoms with Crippen molar-refractivity contribution < 1.29 is 23.0 Å². The van der Waals surface area contributed by atoms with Gasteiger partial charge in [-0.1, -0.05) is 0 Å². The molecule has 0 amide bonds. The molecule has 2 saturated heterocycles. The van der Waals surface area contributed by atoms with Gasteiger partial charge in [-0.25, -0.2) is 4.39 Å². The van der Waals surface area contributed by atoms with Gasteiger partial charge in [-0.3, -0.25) is 0 Å². The van der Waals surface area contributed by atoms with Crippen LogP contribution in [0, 0.1) is 17.1 Å². The number of benzene rings is 1. The van der Waals surface area contributed by atoms with Gasteiger partial charge in [0.2, 0.25) is 0 Å². The Morgan fingerprint density at radius 2 is 1.04 bits per heavy atom. The third-order valence-electron chi connectivity index (χ3n) is 6.27. The van der Waals surface area contributed by atoms with Crippen LogP contribution in [0.1, 0.15) is 61.0 Å². The maximum Gasteiger partial charge on any atom is 0.497 e. The first kappa shape index (κ1) is 20.3. The van der Waals surface area contributed by atoms with Gasteiger partial charge in [0.1, 0.15) is 5.82 Å². The second-order valence-electron chi connectivity index (χ2n) is 9.26. The van der Waals surface area contributed by atoms with Crippen molar-refractivity contribution in [1.29, 1.82) is 5.26 Å². The van der Waals surface area contributed by atoms with Crippen molar-refractivity contribution in [2.24, 2.45) is 0 Å². The van der Waals surface area contributed by atoms with Gasteiger partial charge in [-0.15, -0.1) is 0 Å². The molecule has 3 rings (SSSR count). The Labute approximate surface area is 161 Å². The van der Waals surface area contributed by atoms with Gasteiger partial charge in [0.15, 0.2) is 0 Å². The summed E-state index contributed by atoms with van der Waals surface area (Å²) >= 11 is 0. The van der Waals surface area contributed by atoms with Gasteiger partial charge in [-0.05, 0) is 67.5 Å². The monoisotopic (exact) mass is 373 g/mol. The Bertz CT molecular complexity index is 727. The minimum Gasteiger partial charge on any atom is -0.399 e. The van der Waals surface area contributed by atoms with Crippen LogP contribution in [-0.4, -0.2) is 36.6 Å². The second kappa shape index (κ2) is 6.05. The van der Waals surface area contributed by atoms with Crippen LogP contribution in [0.15, 0.2) is 12.1 Å². The van der Waals surface area contributed by atoms with E-state index in [2.05, 4.69) is 6.07 Å². The zero-order valence-corrected chi connectivity index (χ0v) is 17.3. The molecule has 144 valence electrons. The molecule has 5 nitrogen and oxygen atoms in total. The van der Waals surface area contributed by atoms with E-state index in [1.165, 1.54) is 12.1 Å². The average molecular weight is 373 g/mol. The van der Waals surface area contributed by atoms with E-state index in [1.807, 2.05) is 55.4 Å². The first-order valence-corrected chi connectivity index (χ1v) is 9.15. The summed E-state index contributed by atoms with van der Waals surface area (Å²) in [6, 6.07) is 5.00. The largest absolute Gasteiger partial charge is 0.497 e. The highest BCUT2D eigenvalue weighted by Crippen LogP contribution is 2.38. The summed E-state index contributed by atoms with van der Waals surface area (Å²) in [6.45, 7) is 15.2. The molecular formula is C19H26B2FNO4. The van der Waals surface area contributed by atoms with Crippen LogP contribution < -0.4 is 10.9 Å². The highest BCUT2D eigenvalue weighted by Gasteiger charge is 2.55. The highest BCUT2D eigenvalue weighted by atomic mass is 19.1. The van der Waals surface area contributed by atoms with E-state index in [0.29, 0.717) is 5.56 Å². The number of nitriles is 1. The van der Waals surface area contributed by atoms with Crippen molar-refractivity contribution in [2.45, 2.75) is 77.8 Å². The molecule has 1 aromatic rings. The van der Waals surface area contributed by atoms with E-state index in [1.54, 1.807) is 0 Å². The predicted molar refractivity (Wildman–Crippen MR) is 103 cm³/mol. The summed E-state index contributed by atoms with van der Waals surface area (Å²) < 4.78 is 39.4. The number of halogens is 1. The fourth-order valence-electron chi connectivity index (χ4n) is 3.02. The van der Waals surface area contributed by atoms with Crippen LogP contribution in [0.4, 0.5) is 4.39 Å². The average Bonchev–Trinajstić information content (AvgIpc) is 2.87. The molecule has 0 saturated carbocycles. The normalized spacial score (nSPS) is 24.9. The first-order chi connectivity index (χ1) is 12.2. The highest BCUT2D eigenvalue weighted by molar-refractivity contribution is 6.66. The van der Waals surface area contributed by atoms with Gasteiger partial charge in [0.25, 0.3) is 0 Å². The molecule has 0 atom stereocenters. The third kappa shape index (κ3) is 3.21. The number of rotatable bonds is 2. The van der Waals surface area contributed by atoms with Crippen molar-refractivity contribution in [1.82, 2.24) is 0 Å². The molecule has 2 heterocycles. The quantitative estimate of drug-likeness (QED) is 0.745. The molecule has 0 N–H and O–H groups in total. The maximum atomic E-state index is 15.5. The van der Waals surface area contributed by atoms with Gasteiger partial charge >= 0.3 is 14.2 Å². The van der Waals surface area contributed by atoms with Crippen LogP contribution >= 0.6 is 0 Å². The summed E-state index contributed by atoms with van der Waals surface area (Å²) in [5.41, 5.74) is -1.80. The molecular weight excluding hydrogens is 347 g/mol. The summed E-state index contributed by atoms with van der Waals surface area (Å²) in [5, 5.41) is 9.44. The molecule has 0 unspecified atom stereocenters. The molecule has 0 radical (unpaired) electrons. The van der Waals surface area contributed by atoms with Crippen LogP contribution in [0.5, 0.6) is 0 Å². The molecule has 2 fully saturated rings. The fraction of sp³-hybridized carbons (Fsp3) is 0.632. The lowest BCUT2D eigenvalue weighted by atomic mass is 9.70. The minimum atomic E-state index is -0.913. The van der Waals surface area contributed by atoms with Gasteiger partial charge in [0, 0.05) is 10.9 Å². The molecule has 27 heavy (non-hydrogen) atoms. The van der Waals surface area contributed by atoms with Crippen molar-refractivity contribution in [2.75, 3.05) is 0 Å². The molecule has 0 aliphatic carbocycles. The van der Waals surface area contributed by atoms with Crippen molar-refractivity contribution >= 4 is 25.2 Å². The van der Waals surface area contributed by atoms with E-state index in [0.717, 1.165) is 0 Å². The lowest BCUT2D eigenvalue weighted by Gasteiger charge is -2.32. The van der Waals surface area contributed by atoms with Crippen LogP contribution in [0.2, 0.25) is 0 Å². The Hall–Kier alpha value is -1.39. The molecule has 0 aromatic heterocycles. The minimum absolute atomic E-state index is 0.178.